The number of rotatable bonds is 2. The molecule has 1 aliphatic heterocycles. The van der Waals surface area contributed by atoms with E-state index in [2.05, 4.69) is 4.99 Å². The molecule has 1 aromatic rings. The van der Waals surface area contributed by atoms with Gasteiger partial charge >= 0.3 is 0 Å². The van der Waals surface area contributed by atoms with Gasteiger partial charge in [-0.05, 0) is 12.1 Å². The number of phenolic OH excluding ortho intramolecular Hbond substituents is 1. The minimum absolute atomic E-state index is 0.130. The molecule has 0 amide bonds. The van der Waals surface area contributed by atoms with Gasteiger partial charge in [-0.1, -0.05) is 6.07 Å². The Hall–Kier alpha value is -1.71. The lowest BCUT2D eigenvalue weighted by Gasteiger charge is -2.09. The maximum absolute atomic E-state index is 9.64. The molecule has 4 nitrogen and oxygen atoms in total. The molecule has 1 aromatic carbocycles. The van der Waals surface area contributed by atoms with Gasteiger partial charge in [-0.25, -0.2) is 4.99 Å². The van der Waals surface area contributed by atoms with Crippen molar-refractivity contribution in [3.8, 4) is 11.5 Å². The van der Waals surface area contributed by atoms with Gasteiger partial charge in [0.25, 0.3) is 0 Å². The van der Waals surface area contributed by atoms with Gasteiger partial charge in [0.15, 0.2) is 0 Å². The lowest BCUT2D eigenvalue weighted by Crippen LogP contribution is -2.04. The molecule has 74 valence electrons. The molecule has 0 aromatic heterocycles. The van der Waals surface area contributed by atoms with Crippen LogP contribution in [0.2, 0.25) is 0 Å². The van der Waals surface area contributed by atoms with E-state index in [9.17, 15) is 5.11 Å². The van der Waals surface area contributed by atoms with Gasteiger partial charge in [0.05, 0.1) is 13.7 Å². The number of hydrogen-bond acceptors (Lipinski definition) is 4. The molecule has 14 heavy (non-hydrogen) atoms. The molecule has 0 saturated heterocycles. The average molecular weight is 193 g/mol. The summed E-state index contributed by atoms with van der Waals surface area (Å²) in [5.74, 6) is 1.16. The van der Waals surface area contributed by atoms with Crippen molar-refractivity contribution in [3.63, 3.8) is 0 Å². The predicted octanol–water partition coefficient (Wildman–Crippen LogP) is 1.18. The van der Waals surface area contributed by atoms with E-state index in [0.717, 1.165) is 0 Å². The van der Waals surface area contributed by atoms with E-state index in [1.807, 2.05) is 0 Å². The summed E-state index contributed by atoms with van der Waals surface area (Å²) >= 11 is 0. The molecule has 4 heteroatoms. The number of nitrogens with zero attached hydrogens (tertiary/aromatic N) is 1. The normalized spacial score (nSPS) is 14.8. The van der Waals surface area contributed by atoms with Crippen molar-refractivity contribution in [1.82, 2.24) is 0 Å². The maximum atomic E-state index is 9.64. The van der Waals surface area contributed by atoms with Crippen LogP contribution in [0.4, 0.5) is 0 Å². The van der Waals surface area contributed by atoms with Crippen LogP contribution in [-0.2, 0) is 4.74 Å². The molecule has 0 fully saturated rings. The molecule has 1 N–H and O–H groups in total. The number of ether oxygens (including phenoxy) is 2. The third-order valence-corrected chi connectivity index (χ3v) is 2.02. The van der Waals surface area contributed by atoms with Gasteiger partial charge in [-0.15, -0.1) is 0 Å². The zero-order valence-corrected chi connectivity index (χ0v) is 7.86. The molecule has 1 heterocycles. The smallest absolute Gasteiger partial charge is 0.223 e. The topological polar surface area (TPSA) is 51.0 Å². The highest BCUT2D eigenvalue weighted by Gasteiger charge is 2.19. The largest absolute Gasteiger partial charge is 0.507 e. The first kappa shape index (κ1) is 8.87. The fraction of sp³-hybridized carbons (Fsp3) is 0.300. The highest BCUT2D eigenvalue weighted by molar-refractivity contribution is 6.00. The summed E-state index contributed by atoms with van der Waals surface area (Å²) in [5, 5.41) is 9.64. The van der Waals surface area contributed by atoms with E-state index >= 15 is 0 Å². The molecule has 0 radical (unpaired) electrons. The van der Waals surface area contributed by atoms with Crippen LogP contribution in [-0.4, -0.2) is 31.3 Å². The molecule has 0 unspecified atom stereocenters. The van der Waals surface area contributed by atoms with Crippen LogP contribution in [0.1, 0.15) is 5.56 Å². The van der Waals surface area contributed by atoms with Crippen LogP contribution < -0.4 is 4.74 Å². The van der Waals surface area contributed by atoms with E-state index in [0.29, 0.717) is 30.4 Å². The molecule has 0 atom stereocenters. The van der Waals surface area contributed by atoms with Crippen molar-refractivity contribution < 1.29 is 14.6 Å². The zero-order chi connectivity index (χ0) is 9.97. The SMILES string of the molecule is COc1cccc(O)c1C1=NCCO1. The molecule has 1 aliphatic rings. The minimum atomic E-state index is 0.130. The summed E-state index contributed by atoms with van der Waals surface area (Å²) in [6.07, 6.45) is 0. The number of hydrogen-bond donors (Lipinski definition) is 1. The predicted molar refractivity (Wildman–Crippen MR) is 52.0 cm³/mol. The highest BCUT2D eigenvalue weighted by Crippen LogP contribution is 2.29. The van der Waals surface area contributed by atoms with Crippen molar-refractivity contribution in [2.75, 3.05) is 20.3 Å². The second-order valence-electron chi connectivity index (χ2n) is 2.89. The van der Waals surface area contributed by atoms with E-state index in [4.69, 9.17) is 9.47 Å². The summed E-state index contributed by atoms with van der Waals surface area (Å²) in [6, 6.07) is 5.06. The summed E-state index contributed by atoms with van der Waals surface area (Å²) in [4.78, 5) is 4.13. The lowest BCUT2D eigenvalue weighted by molar-refractivity contribution is 0.342. The Morgan fingerprint density at radius 3 is 3.00 bits per heavy atom. The quantitative estimate of drug-likeness (QED) is 0.767. The summed E-state index contributed by atoms with van der Waals surface area (Å²) < 4.78 is 10.4. The van der Waals surface area contributed by atoms with Crippen molar-refractivity contribution in [2.24, 2.45) is 4.99 Å². The van der Waals surface area contributed by atoms with Crippen LogP contribution in [0.25, 0.3) is 0 Å². The van der Waals surface area contributed by atoms with E-state index in [1.54, 1.807) is 25.3 Å². The van der Waals surface area contributed by atoms with Crippen LogP contribution in [0.5, 0.6) is 11.5 Å². The van der Waals surface area contributed by atoms with Crippen molar-refractivity contribution in [3.05, 3.63) is 23.8 Å². The number of benzene rings is 1. The summed E-state index contributed by atoms with van der Waals surface area (Å²) in [7, 11) is 1.55. The fourth-order valence-electron chi connectivity index (χ4n) is 1.39. The number of aliphatic imine (C=N–C) groups is 1. The Balaban J connectivity index is 2.48. The molecule has 0 spiro atoms. The van der Waals surface area contributed by atoms with Gasteiger partial charge < -0.3 is 14.6 Å². The maximum Gasteiger partial charge on any atom is 0.223 e. The van der Waals surface area contributed by atoms with Crippen molar-refractivity contribution in [2.45, 2.75) is 0 Å². The first-order valence-corrected chi connectivity index (χ1v) is 4.36. The van der Waals surface area contributed by atoms with E-state index < -0.39 is 0 Å². The highest BCUT2D eigenvalue weighted by atomic mass is 16.5. The first-order chi connectivity index (χ1) is 6.83. The Bertz CT molecular complexity index is 374. The van der Waals surface area contributed by atoms with Crippen LogP contribution >= 0.6 is 0 Å². The Morgan fingerprint density at radius 1 is 1.50 bits per heavy atom. The van der Waals surface area contributed by atoms with Crippen molar-refractivity contribution >= 4 is 5.90 Å². The van der Waals surface area contributed by atoms with E-state index in [1.165, 1.54) is 0 Å². The fourth-order valence-corrected chi connectivity index (χ4v) is 1.39. The Labute approximate surface area is 81.8 Å². The van der Waals surface area contributed by atoms with Crippen LogP contribution in [0, 0.1) is 0 Å². The third kappa shape index (κ3) is 1.39. The number of phenols is 1. The zero-order valence-electron chi connectivity index (χ0n) is 7.86. The third-order valence-electron chi connectivity index (χ3n) is 2.02. The molecule has 0 saturated carbocycles. The summed E-state index contributed by atoms with van der Waals surface area (Å²) in [5.41, 5.74) is 0.535. The average Bonchev–Trinajstić information content (AvgIpc) is 2.70. The molecular weight excluding hydrogens is 182 g/mol. The van der Waals surface area contributed by atoms with Crippen LogP contribution in [0.3, 0.4) is 0 Å². The Morgan fingerprint density at radius 2 is 2.36 bits per heavy atom. The van der Waals surface area contributed by atoms with Gasteiger partial charge in [0.1, 0.15) is 23.7 Å². The Kier molecular flexibility index (Phi) is 2.26. The summed E-state index contributed by atoms with van der Waals surface area (Å²) in [6.45, 7) is 1.19. The second-order valence-corrected chi connectivity index (χ2v) is 2.89. The van der Waals surface area contributed by atoms with Gasteiger partial charge in [0, 0.05) is 0 Å². The van der Waals surface area contributed by atoms with Gasteiger partial charge in [0.2, 0.25) is 5.90 Å². The molecular formula is C10H11NO3. The second kappa shape index (κ2) is 3.57. The van der Waals surface area contributed by atoms with E-state index in [-0.39, 0.29) is 5.75 Å². The standard InChI is InChI=1S/C10H11NO3/c1-13-8-4-2-3-7(12)9(8)10-11-5-6-14-10/h2-4,12H,5-6H2,1H3. The molecule has 0 bridgehead atoms. The first-order valence-electron chi connectivity index (χ1n) is 4.36. The number of methoxy groups -OCH3 is 1. The lowest BCUT2D eigenvalue weighted by atomic mass is 10.2. The van der Waals surface area contributed by atoms with Gasteiger partial charge in [-0.3, -0.25) is 0 Å². The van der Waals surface area contributed by atoms with Gasteiger partial charge in [-0.2, -0.15) is 0 Å². The monoisotopic (exact) mass is 193 g/mol. The number of aromatic hydroxyl groups is 1. The molecule has 2 rings (SSSR count). The minimum Gasteiger partial charge on any atom is -0.507 e. The van der Waals surface area contributed by atoms with Crippen molar-refractivity contribution in [1.29, 1.82) is 0 Å². The van der Waals surface area contributed by atoms with Crippen LogP contribution in [0.15, 0.2) is 23.2 Å². The molecule has 0 aliphatic carbocycles.